The second-order valence-electron chi connectivity index (χ2n) is 23.1. The van der Waals surface area contributed by atoms with Gasteiger partial charge in [-0.15, -0.1) is 0 Å². The highest BCUT2D eigenvalue weighted by Crippen LogP contribution is 2.39. The number of benzene rings is 3. The summed E-state index contributed by atoms with van der Waals surface area (Å²) in [6, 6.07) is 32.1. The third-order valence-corrected chi connectivity index (χ3v) is 22.0. The average molecular weight is 1430 g/mol. The van der Waals surface area contributed by atoms with Crippen LogP contribution in [0.15, 0.2) is 177 Å². The number of ether oxygens (including phenoxy) is 5. The number of para-hydroxylation sites is 4. The lowest BCUT2D eigenvalue weighted by Crippen LogP contribution is -2.11. The molecule has 3 aromatic carbocycles. The Kier molecular flexibility index (Phi) is 22.0. The van der Waals surface area contributed by atoms with Gasteiger partial charge in [-0.1, -0.05) is 48.9 Å². The molecule has 0 saturated carbocycles. The fourth-order valence-corrected chi connectivity index (χ4v) is 16.5. The maximum absolute atomic E-state index is 13.3. The Balaban J connectivity index is 0.000000128. The molecule has 1 aliphatic carbocycles. The molecule has 0 spiro atoms. The first kappa shape index (κ1) is 70.1. The standard InChI is InChI=1S/C20H17N3O2S.C18H17N5O3S.C18H19N3O2S.C16H18N4O3S/c1-13-6-5-7-15(18-12-14(25-2)10-11-21-18)19(13)26(24)20-22-16-8-3-4-9-17(16)23-20;1-10-7-20-14(11(2)15(10)25-3)9-27(24)18-22-13-6-12(8-21-16(13)23-18)17-19-4-5-26-17;1-23-15-10-11-19-17-12(15)6-2-5-9-16(17)24(22)18-20-13-7-3-4-8-14(13)21-18;1-9-7-17-12(10(2)14(9)23-4)8-24(21)16-18-11-5-6-13(22-3)19-15(11)20-16/h3-12H,1-2H3,(H,22,23);4-8H,9H2,1-3H3,(H,21,22,23);3-4,7-8,10-11,16H,2,5-6,9H2,1H3,(H,20,21);5-7H,8H2,1-4H3,(H,18,19,20). The monoisotopic (exact) mass is 1430 g/mol. The van der Waals surface area contributed by atoms with E-state index in [1.807, 2.05) is 120 Å². The van der Waals surface area contributed by atoms with Gasteiger partial charge in [-0.05, 0) is 108 Å². The summed E-state index contributed by atoms with van der Waals surface area (Å²) >= 11 is 0. The van der Waals surface area contributed by atoms with Crippen molar-refractivity contribution in [2.24, 2.45) is 0 Å². The van der Waals surface area contributed by atoms with Gasteiger partial charge in [0.1, 0.15) is 40.1 Å². The second kappa shape index (κ2) is 31.6. The van der Waals surface area contributed by atoms with Crippen LogP contribution in [-0.2, 0) is 61.1 Å². The summed E-state index contributed by atoms with van der Waals surface area (Å²) in [5.41, 5.74) is 16.0. The molecule has 5 atom stereocenters. The van der Waals surface area contributed by atoms with Crippen molar-refractivity contribution in [1.29, 1.82) is 0 Å². The molecule has 14 aromatic rings. The van der Waals surface area contributed by atoms with Crippen LogP contribution in [-0.4, -0.2) is 127 Å². The molecule has 25 nitrogen and oxygen atoms in total. The van der Waals surface area contributed by atoms with Gasteiger partial charge in [0.2, 0.25) is 16.9 Å². The van der Waals surface area contributed by atoms with Crippen LogP contribution in [0.4, 0.5) is 0 Å². The first-order chi connectivity index (χ1) is 49.0. The number of aromatic nitrogens is 15. The molecule has 0 aliphatic heterocycles. The molecule has 0 bridgehead atoms. The molecule has 4 N–H and O–H groups in total. The van der Waals surface area contributed by atoms with Crippen molar-refractivity contribution >= 4 is 87.6 Å². The van der Waals surface area contributed by atoms with Crippen LogP contribution in [0.25, 0.3) is 67.1 Å². The summed E-state index contributed by atoms with van der Waals surface area (Å²) in [6.45, 7) is 9.62. The zero-order valence-corrected chi connectivity index (χ0v) is 60.1. The van der Waals surface area contributed by atoms with Gasteiger partial charge in [-0.2, -0.15) is 4.98 Å². The van der Waals surface area contributed by atoms with Gasteiger partial charge in [0.25, 0.3) is 0 Å². The van der Waals surface area contributed by atoms with E-state index in [1.54, 1.807) is 90.9 Å². The topological polar surface area (TPSA) is 333 Å². The lowest BCUT2D eigenvalue weighted by molar-refractivity contribution is 0.399. The molecule has 11 heterocycles. The van der Waals surface area contributed by atoms with Gasteiger partial charge >= 0.3 is 0 Å². The zero-order chi connectivity index (χ0) is 70.8. The Bertz CT molecular complexity index is 5340. The van der Waals surface area contributed by atoms with Gasteiger partial charge < -0.3 is 48.0 Å². The highest BCUT2D eigenvalue weighted by molar-refractivity contribution is 7.85. The van der Waals surface area contributed by atoms with Gasteiger partial charge in [0.05, 0.1) is 157 Å². The van der Waals surface area contributed by atoms with Crippen LogP contribution in [0.5, 0.6) is 28.9 Å². The van der Waals surface area contributed by atoms with E-state index >= 15 is 0 Å². The van der Waals surface area contributed by atoms with Crippen molar-refractivity contribution in [1.82, 2.24) is 74.8 Å². The number of rotatable bonds is 17. The van der Waals surface area contributed by atoms with E-state index in [4.69, 9.17) is 28.1 Å². The maximum atomic E-state index is 13.3. The number of pyridine rings is 6. The van der Waals surface area contributed by atoms with E-state index in [2.05, 4.69) is 74.8 Å². The molecule has 0 saturated heterocycles. The number of methoxy groups -OCH3 is 5. The maximum Gasteiger partial charge on any atom is 0.227 e. The molecule has 0 amide bonds. The highest BCUT2D eigenvalue weighted by Gasteiger charge is 2.30. The predicted molar refractivity (Wildman–Crippen MR) is 386 cm³/mol. The van der Waals surface area contributed by atoms with Crippen LogP contribution >= 0.6 is 0 Å². The number of aryl methyl sites for hydroxylation is 3. The molecular weight excluding hydrogens is 1360 g/mol. The Morgan fingerprint density at radius 3 is 1.78 bits per heavy atom. The van der Waals surface area contributed by atoms with E-state index in [9.17, 15) is 16.8 Å². The Hall–Kier alpha value is -10.8. The number of nitrogens with one attached hydrogen (secondary N) is 4. The van der Waals surface area contributed by atoms with Gasteiger partial charge in [-0.3, -0.25) is 32.6 Å². The van der Waals surface area contributed by atoms with E-state index in [0.717, 1.165) is 115 Å². The number of imidazole rings is 4. The van der Waals surface area contributed by atoms with Crippen LogP contribution in [0, 0.1) is 34.6 Å². The number of H-pyrrole nitrogens is 4. The summed E-state index contributed by atoms with van der Waals surface area (Å²) in [4.78, 5) is 61.2. The molecule has 5 unspecified atom stereocenters. The summed E-state index contributed by atoms with van der Waals surface area (Å²) in [5, 5.41) is 1.52. The van der Waals surface area contributed by atoms with E-state index in [-0.39, 0.29) is 16.8 Å². The lowest BCUT2D eigenvalue weighted by atomic mass is 10.1. The summed E-state index contributed by atoms with van der Waals surface area (Å²) in [6.07, 6.45) is 15.4. The van der Waals surface area contributed by atoms with Gasteiger partial charge in [-0.25, -0.2) is 34.1 Å². The summed E-state index contributed by atoms with van der Waals surface area (Å²) in [5.74, 6) is 4.49. The molecule has 101 heavy (non-hydrogen) atoms. The van der Waals surface area contributed by atoms with Crippen LogP contribution in [0.2, 0.25) is 0 Å². The fourth-order valence-electron chi connectivity index (χ4n) is 11.6. The van der Waals surface area contributed by atoms with Gasteiger partial charge in [0.15, 0.2) is 26.8 Å². The van der Waals surface area contributed by atoms with Crippen LogP contribution in [0.1, 0.15) is 75.0 Å². The van der Waals surface area contributed by atoms with Crippen molar-refractivity contribution in [2.45, 2.75) is 103 Å². The van der Waals surface area contributed by atoms with E-state index < -0.39 is 43.2 Å². The van der Waals surface area contributed by atoms with Crippen LogP contribution < -0.4 is 23.7 Å². The predicted octanol–water partition coefficient (Wildman–Crippen LogP) is 12.9. The third kappa shape index (κ3) is 15.5. The number of hydrogen-bond donors (Lipinski definition) is 4. The van der Waals surface area contributed by atoms with E-state index in [1.165, 1.54) is 6.26 Å². The average Bonchev–Trinajstić information content (AvgIpc) is 1.78. The van der Waals surface area contributed by atoms with Crippen LogP contribution in [0.3, 0.4) is 0 Å². The molecule has 0 radical (unpaired) electrons. The quantitative estimate of drug-likeness (QED) is 0.0615. The van der Waals surface area contributed by atoms with Gasteiger partial charge in [0, 0.05) is 76.5 Å². The number of oxazole rings is 1. The molecule has 15 rings (SSSR count). The van der Waals surface area contributed by atoms with Crippen molar-refractivity contribution < 1.29 is 44.9 Å². The summed E-state index contributed by atoms with van der Waals surface area (Å²) in [7, 11) is 2.57. The number of nitrogens with zero attached hydrogens (tertiary/aromatic N) is 11. The van der Waals surface area contributed by atoms with Crippen molar-refractivity contribution in [3.63, 3.8) is 0 Å². The molecule has 518 valence electrons. The molecule has 0 fully saturated rings. The molecule has 1 aliphatic rings. The normalized spacial score (nSPS) is 13.9. The number of hydrogen-bond acceptors (Lipinski definition) is 21. The lowest BCUT2D eigenvalue weighted by Gasteiger charge is -2.16. The fraction of sp³-hybridized carbons (Fsp3) is 0.236. The minimum absolute atomic E-state index is 0.154. The second-order valence-corrected chi connectivity index (χ2v) is 28.8. The third-order valence-electron chi connectivity index (χ3n) is 16.7. The minimum Gasteiger partial charge on any atom is -0.497 e. The highest BCUT2D eigenvalue weighted by atomic mass is 32.2. The first-order valence-corrected chi connectivity index (χ1v) is 36.8. The summed E-state index contributed by atoms with van der Waals surface area (Å²) < 4.78 is 84.0. The molecular formula is C72H71N15O10S4. The minimum atomic E-state index is -1.46. The molecule has 29 heteroatoms. The number of fused-ring (bicyclic) bond motifs is 5. The number of aromatic amines is 4. The molecule has 11 aromatic heterocycles. The SMILES string of the molecule is COc1c(C)cnc(CS(=O)c2nc3ncc(-c4ncco4)cc3[nH]2)c1C.COc1ccc2[nH]c(S(=O)Cc3ncc(C)c(OC)c3C)nc2n1.COc1ccnc(-c2cccc(C)c2S(=O)c2nc3ccccc3[nH]2)c1.COc1ccnc2c1CCCCC2S(=O)c1nc2ccccc2[nH]1. The zero-order valence-electron chi connectivity index (χ0n) is 56.8. The Morgan fingerprint density at radius 2 is 1.15 bits per heavy atom. The first-order valence-electron chi connectivity index (χ1n) is 31.8. The van der Waals surface area contributed by atoms with Crippen molar-refractivity contribution in [3.05, 3.63) is 197 Å². The van der Waals surface area contributed by atoms with Crippen molar-refractivity contribution in [2.75, 3.05) is 35.5 Å². The van der Waals surface area contributed by atoms with Crippen molar-refractivity contribution in [3.8, 4) is 51.6 Å². The Morgan fingerprint density at radius 1 is 0.515 bits per heavy atom. The Labute approximate surface area is 590 Å². The largest absolute Gasteiger partial charge is 0.497 e. The van der Waals surface area contributed by atoms with E-state index in [0.29, 0.717) is 82.3 Å². The smallest absolute Gasteiger partial charge is 0.227 e.